The molecule has 11 heteroatoms. The standard InChI is InChI=1S/C13H22N8O3/c1-20(3-2-19-15)4-7-9(22)10(23)13(24-7)21-6-18-8-11(14)16-5-17-12(8)21/h5-7,9-10,13,19,22-23H,2-4,15H2,1H3,(H2,14,16,17)/t7-,9-,10-,13-/m1/s1. The maximum Gasteiger partial charge on any atom is 0.167 e. The van der Waals surface area contributed by atoms with Crippen LogP contribution in [-0.2, 0) is 4.74 Å². The lowest BCUT2D eigenvalue weighted by molar-refractivity contribution is -0.0420. The molecule has 24 heavy (non-hydrogen) atoms. The number of fused-ring (bicyclic) bond motifs is 1. The SMILES string of the molecule is CN(CCNN)C[C@H]1O[C@@H](n2cnc3c(N)ncnc32)[C@H](O)[C@@H]1O. The van der Waals surface area contributed by atoms with Crippen LogP contribution in [0.25, 0.3) is 11.2 Å². The van der Waals surface area contributed by atoms with E-state index < -0.39 is 24.5 Å². The zero-order chi connectivity index (χ0) is 17.3. The summed E-state index contributed by atoms with van der Waals surface area (Å²) in [6.45, 7) is 1.73. The first-order chi connectivity index (χ1) is 11.5. The number of likely N-dealkylation sites (N-methyl/N-ethyl adjacent to an activating group) is 1. The van der Waals surface area contributed by atoms with Gasteiger partial charge in [0.25, 0.3) is 0 Å². The molecule has 2 aromatic rings. The molecule has 0 saturated carbocycles. The molecule has 1 fully saturated rings. The molecule has 0 aromatic carbocycles. The van der Waals surface area contributed by atoms with Gasteiger partial charge in [-0.2, -0.15) is 0 Å². The van der Waals surface area contributed by atoms with E-state index in [0.717, 1.165) is 0 Å². The number of nitrogens with two attached hydrogens (primary N) is 2. The average Bonchev–Trinajstić information content (AvgIpc) is 3.10. The van der Waals surface area contributed by atoms with Gasteiger partial charge in [0.15, 0.2) is 17.7 Å². The van der Waals surface area contributed by atoms with Gasteiger partial charge >= 0.3 is 0 Å². The van der Waals surface area contributed by atoms with Gasteiger partial charge in [-0.15, -0.1) is 0 Å². The Labute approximate surface area is 138 Å². The monoisotopic (exact) mass is 338 g/mol. The Morgan fingerprint density at radius 3 is 2.88 bits per heavy atom. The Hall–Kier alpha value is -1.89. The largest absolute Gasteiger partial charge is 0.387 e. The van der Waals surface area contributed by atoms with E-state index in [0.29, 0.717) is 30.8 Å². The molecule has 3 heterocycles. The quantitative estimate of drug-likeness (QED) is 0.279. The molecular formula is C13H22N8O3. The fourth-order valence-corrected chi connectivity index (χ4v) is 2.82. The Morgan fingerprint density at radius 1 is 1.33 bits per heavy atom. The number of anilines is 1. The number of hydrogen-bond donors (Lipinski definition) is 5. The maximum atomic E-state index is 10.4. The summed E-state index contributed by atoms with van der Waals surface area (Å²) in [5, 5.41) is 20.7. The molecule has 0 aliphatic carbocycles. The number of aromatic nitrogens is 4. The molecule has 0 amide bonds. The predicted molar refractivity (Wildman–Crippen MR) is 85.3 cm³/mol. The topological polar surface area (TPSA) is 161 Å². The van der Waals surface area contributed by atoms with Crippen LogP contribution in [0.4, 0.5) is 5.82 Å². The predicted octanol–water partition coefficient (Wildman–Crippen LogP) is -2.58. The van der Waals surface area contributed by atoms with Crippen molar-refractivity contribution in [2.24, 2.45) is 5.84 Å². The third-order valence-corrected chi connectivity index (χ3v) is 4.13. The molecule has 1 saturated heterocycles. The molecule has 132 valence electrons. The summed E-state index contributed by atoms with van der Waals surface area (Å²) in [5.41, 5.74) is 9.21. The molecule has 1 aliphatic heterocycles. The van der Waals surface area contributed by atoms with Crippen molar-refractivity contribution >= 4 is 17.0 Å². The molecule has 0 bridgehead atoms. The minimum atomic E-state index is -1.11. The molecule has 3 rings (SSSR count). The van der Waals surface area contributed by atoms with Gasteiger partial charge in [0.2, 0.25) is 0 Å². The number of nitrogens with zero attached hydrogens (tertiary/aromatic N) is 5. The van der Waals surface area contributed by atoms with E-state index in [-0.39, 0.29) is 5.82 Å². The first-order valence-corrected chi connectivity index (χ1v) is 7.59. The van der Waals surface area contributed by atoms with Crippen LogP contribution in [-0.4, -0.2) is 79.6 Å². The number of rotatable bonds is 6. The average molecular weight is 338 g/mol. The number of imidazole rings is 1. The summed E-state index contributed by atoms with van der Waals surface area (Å²) >= 11 is 0. The second-order valence-electron chi connectivity index (χ2n) is 5.85. The van der Waals surface area contributed by atoms with Crippen molar-refractivity contribution in [2.75, 3.05) is 32.4 Å². The second-order valence-corrected chi connectivity index (χ2v) is 5.85. The van der Waals surface area contributed by atoms with E-state index in [9.17, 15) is 10.2 Å². The van der Waals surface area contributed by atoms with Crippen molar-refractivity contribution in [2.45, 2.75) is 24.5 Å². The highest BCUT2D eigenvalue weighted by Gasteiger charge is 2.44. The normalized spacial score (nSPS) is 27.4. The van der Waals surface area contributed by atoms with Crippen molar-refractivity contribution in [1.82, 2.24) is 29.8 Å². The first kappa shape index (κ1) is 17.0. The summed E-state index contributed by atoms with van der Waals surface area (Å²) in [6, 6.07) is 0. The summed E-state index contributed by atoms with van der Waals surface area (Å²) in [7, 11) is 1.88. The van der Waals surface area contributed by atoms with E-state index in [2.05, 4.69) is 20.4 Å². The molecular weight excluding hydrogens is 316 g/mol. The Balaban J connectivity index is 1.78. The van der Waals surface area contributed by atoms with Gasteiger partial charge in [-0.3, -0.25) is 15.8 Å². The fourth-order valence-electron chi connectivity index (χ4n) is 2.82. The van der Waals surface area contributed by atoms with E-state index >= 15 is 0 Å². The van der Waals surface area contributed by atoms with Crippen LogP contribution in [0, 0.1) is 0 Å². The van der Waals surface area contributed by atoms with Gasteiger partial charge in [-0.05, 0) is 7.05 Å². The van der Waals surface area contributed by atoms with Crippen molar-refractivity contribution in [3.05, 3.63) is 12.7 Å². The van der Waals surface area contributed by atoms with Crippen LogP contribution >= 0.6 is 0 Å². The summed E-state index contributed by atoms with van der Waals surface area (Å²) in [4.78, 5) is 14.1. The minimum absolute atomic E-state index is 0.248. The van der Waals surface area contributed by atoms with E-state index in [4.69, 9.17) is 16.3 Å². The molecule has 0 spiro atoms. The molecule has 2 aromatic heterocycles. The van der Waals surface area contributed by atoms with Crippen molar-refractivity contribution in [3.8, 4) is 0 Å². The van der Waals surface area contributed by atoms with E-state index in [1.807, 2.05) is 11.9 Å². The lowest BCUT2D eigenvalue weighted by atomic mass is 10.1. The lowest BCUT2D eigenvalue weighted by Crippen LogP contribution is -2.41. The number of ether oxygens (including phenoxy) is 1. The number of nitrogen functional groups attached to an aromatic ring is 1. The molecule has 4 atom stereocenters. The number of hydrazine groups is 1. The van der Waals surface area contributed by atoms with Crippen molar-refractivity contribution in [1.29, 1.82) is 0 Å². The first-order valence-electron chi connectivity index (χ1n) is 7.59. The molecule has 7 N–H and O–H groups in total. The van der Waals surface area contributed by atoms with Crippen LogP contribution in [0.3, 0.4) is 0 Å². The fraction of sp³-hybridized carbons (Fsp3) is 0.615. The van der Waals surface area contributed by atoms with Crippen LogP contribution in [0.5, 0.6) is 0 Å². The number of aliphatic hydroxyl groups is 2. The highest BCUT2D eigenvalue weighted by atomic mass is 16.6. The van der Waals surface area contributed by atoms with Crippen LogP contribution < -0.4 is 17.0 Å². The van der Waals surface area contributed by atoms with Crippen LogP contribution in [0.2, 0.25) is 0 Å². The van der Waals surface area contributed by atoms with Gasteiger partial charge in [0, 0.05) is 19.6 Å². The highest BCUT2D eigenvalue weighted by molar-refractivity contribution is 5.81. The Morgan fingerprint density at radius 2 is 2.12 bits per heavy atom. The molecule has 1 aliphatic rings. The summed E-state index contributed by atoms with van der Waals surface area (Å²) < 4.78 is 7.42. The zero-order valence-electron chi connectivity index (χ0n) is 13.3. The lowest BCUT2D eigenvalue weighted by Gasteiger charge is -2.22. The van der Waals surface area contributed by atoms with Gasteiger partial charge in [-0.25, -0.2) is 15.0 Å². The minimum Gasteiger partial charge on any atom is -0.387 e. The third-order valence-electron chi connectivity index (χ3n) is 4.13. The van der Waals surface area contributed by atoms with Gasteiger partial charge in [-0.1, -0.05) is 0 Å². The third kappa shape index (κ3) is 3.05. The smallest absolute Gasteiger partial charge is 0.167 e. The van der Waals surface area contributed by atoms with Crippen LogP contribution in [0.1, 0.15) is 6.23 Å². The second kappa shape index (κ2) is 6.93. The molecule has 11 nitrogen and oxygen atoms in total. The summed E-state index contributed by atoms with van der Waals surface area (Å²) in [5.74, 6) is 5.50. The van der Waals surface area contributed by atoms with Gasteiger partial charge in [0.1, 0.15) is 30.2 Å². The Bertz CT molecular complexity index is 695. The number of nitrogens with one attached hydrogen (secondary N) is 1. The van der Waals surface area contributed by atoms with Crippen LogP contribution in [0.15, 0.2) is 12.7 Å². The van der Waals surface area contributed by atoms with E-state index in [1.54, 1.807) is 4.57 Å². The van der Waals surface area contributed by atoms with Crippen molar-refractivity contribution in [3.63, 3.8) is 0 Å². The highest BCUT2D eigenvalue weighted by Crippen LogP contribution is 2.32. The van der Waals surface area contributed by atoms with E-state index in [1.165, 1.54) is 12.7 Å². The Kier molecular flexibility index (Phi) is 4.89. The summed E-state index contributed by atoms with van der Waals surface area (Å²) in [6.07, 6.45) is -0.696. The van der Waals surface area contributed by atoms with Gasteiger partial charge < -0.3 is 25.6 Å². The number of hydrogen-bond acceptors (Lipinski definition) is 10. The van der Waals surface area contributed by atoms with Crippen molar-refractivity contribution < 1.29 is 14.9 Å². The number of aliphatic hydroxyl groups excluding tert-OH is 2. The molecule has 0 radical (unpaired) electrons. The van der Waals surface area contributed by atoms with Gasteiger partial charge in [0.05, 0.1) is 6.33 Å². The zero-order valence-corrected chi connectivity index (χ0v) is 13.3. The molecule has 0 unspecified atom stereocenters. The maximum absolute atomic E-state index is 10.4.